The summed E-state index contributed by atoms with van der Waals surface area (Å²) in [5, 5.41) is 0.913. The monoisotopic (exact) mass is 188 g/mol. The van der Waals surface area contributed by atoms with Gasteiger partial charge in [-0.05, 0) is 16.2 Å². The molecule has 1 aliphatic heterocycles. The number of rotatable bonds is 0. The molecule has 1 unspecified atom stereocenters. The molecule has 0 aromatic heterocycles. The van der Waals surface area contributed by atoms with Crippen molar-refractivity contribution in [2.45, 2.75) is 6.18 Å². The molecule has 0 saturated carbocycles. The van der Waals surface area contributed by atoms with E-state index in [1.54, 1.807) is 0 Å². The van der Waals surface area contributed by atoms with Gasteiger partial charge in [-0.15, -0.1) is 0 Å². The van der Waals surface area contributed by atoms with E-state index in [4.69, 9.17) is 0 Å². The molecule has 10 heavy (non-hydrogen) atoms. The Labute approximate surface area is 61.5 Å². The largest absolute Gasteiger partial charge is 0.414 e. The third-order valence-corrected chi connectivity index (χ3v) is 3.36. The van der Waals surface area contributed by atoms with Gasteiger partial charge in [0.1, 0.15) is 0 Å². The van der Waals surface area contributed by atoms with E-state index in [-0.39, 0.29) is 5.75 Å². The molecule has 1 heterocycles. The van der Waals surface area contributed by atoms with Crippen LogP contribution in [0.15, 0.2) is 11.0 Å². The summed E-state index contributed by atoms with van der Waals surface area (Å²) < 4.78 is 45.6. The van der Waals surface area contributed by atoms with Crippen LogP contribution in [0.2, 0.25) is 0 Å². The fraction of sp³-hybridized carbons (Fsp3) is 0.500. The minimum absolute atomic E-state index is 0.367. The maximum Gasteiger partial charge on any atom is 0.414 e. The number of alkyl halides is 3. The smallest absolute Gasteiger partial charge is 0.247 e. The molecule has 0 spiro atoms. The third kappa shape index (κ3) is 1.76. The summed E-state index contributed by atoms with van der Waals surface area (Å²) in [5.41, 5.74) is -0.684. The summed E-state index contributed by atoms with van der Waals surface area (Å²) in [7, 11) is -0.673. The first kappa shape index (κ1) is 8.13. The number of hydrogen-bond donors (Lipinski definition) is 0. The van der Waals surface area contributed by atoms with Gasteiger partial charge in [0.25, 0.3) is 0 Å². The van der Waals surface area contributed by atoms with Crippen LogP contribution in [0.1, 0.15) is 0 Å². The molecule has 0 radical (unpaired) electrons. The summed E-state index contributed by atoms with van der Waals surface area (Å²) in [6.45, 7) is 0. The second-order valence-corrected chi connectivity index (χ2v) is 4.70. The minimum atomic E-state index is -4.29. The number of halogens is 3. The van der Waals surface area contributed by atoms with E-state index in [1.165, 1.54) is 0 Å². The first-order valence-corrected chi connectivity index (χ1v) is 5.03. The average molecular weight is 188 g/mol. The standard InChI is InChI=1S/C4H3F3OS2/c5-4(6,7)3-1-9-10(8)2-3/h1H,2H2. The van der Waals surface area contributed by atoms with Crippen LogP contribution in [0.4, 0.5) is 13.2 Å². The van der Waals surface area contributed by atoms with Crippen molar-refractivity contribution in [1.29, 1.82) is 0 Å². The van der Waals surface area contributed by atoms with Crippen molar-refractivity contribution in [3.05, 3.63) is 11.0 Å². The molecule has 0 aliphatic carbocycles. The van der Waals surface area contributed by atoms with Crippen molar-refractivity contribution in [3.8, 4) is 0 Å². The molecule has 0 fully saturated rings. The van der Waals surface area contributed by atoms with Crippen LogP contribution in [-0.4, -0.2) is 16.1 Å². The Kier molecular flexibility index (Phi) is 2.10. The molecule has 58 valence electrons. The molecule has 0 amide bonds. The summed E-state index contributed by atoms with van der Waals surface area (Å²) in [6.07, 6.45) is -4.29. The molecule has 6 heteroatoms. The molecule has 1 atom stereocenters. The van der Waals surface area contributed by atoms with Gasteiger partial charge < -0.3 is 0 Å². The van der Waals surface area contributed by atoms with Crippen molar-refractivity contribution in [1.82, 2.24) is 0 Å². The minimum Gasteiger partial charge on any atom is -0.247 e. The van der Waals surface area contributed by atoms with Gasteiger partial charge in [0.15, 0.2) is 0 Å². The van der Waals surface area contributed by atoms with Gasteiger partial charge in [0, 0.05) is 0 Å². The summed E-state index contributed by atoms with van der Waals surface area (Å²) in [5.74, 6) is -0.367. The highest BCUT2D eigenvalue weighted by atomic mass is 33.1. The Morgan fingerprint density at radius 2 is 2.20 bits per heavy atom. The van der Waals surface area contributed by atoms with E-state index >= 15 is 0 Å². The van der Waals surface area contributed by atoms with Crippen LogP contribution in [0.5, 0.6) is 0 Å². The first-order chi connectivity index (χ1) is 4.50. The Morgan fingerprint density at radius 1 is 1.60 bits per heavy atom. The predicted octanol–water partition coefficient (Wildman–Crippen LogP) is 1.84. The van der Waals surface area contributed by atoms with Gasteiger partial charge in [-0.3, -0.25) is 0 Å². The zero-order chi connectivity index (χ0) is 7.78. The highest BCUT2D eigenvalue weighted by Gasteiger charge is 2.37. The Morgan fingerprint density at radius 3 is 2.40 bits per heavy atom. The van der Waals surface area contributed by atoms with E-state index in [0.717, 1.165) is 16.2 Å². The lowest BCUT2D eigenvalue weighted by molar-refractivity contribution is -0.0904. The van der Waals surface area contributed by atoms with Crippen LogP contribution in [-0.2, 0) is 9.83 Å². The summed E-state index contributed by atoms with van der Waals surface area (Å²) in [6, 6.07) is 0. The van der Waals surface area contributed by atoms with Crippen molar-refractivity contribution in [3.63, 3.8) is 0 Å². The highest BCUT2D eigenvalue weighted by Crippen LogP contribution is 2.34. The van der Waals surface area contributed by atoms with Crippen LogP contribution >= 0.6 is 10.8 Å². The van der Waals surface area contributed by atoms with Gasteiger partial charge in [-0.25, -0.2) is 4.21 Å². The van der Waals surface area contributed by atoms with Gasteiger partial charge in [0.2, 0.25) is 0 Å². The molecule has 0 saturated heterocycles. The Balaban J connectivity index is 2.69. The van der Waals surface area contributed by atoms with E-state index in [0.29, 0.717) is 0 Å². The van der Waals surface area contributed by atoms with E-state index < -0.39 is 21.6 Å². The van der Waals surface area contributed by atoms with Crippen LogP contribution in [0, 0.1) is 0 Å². The van der Waals surface area contributed by atoms with Crippen LogP contribution in [0.25, 0.3) is 0 Å². The van der Waals surface area contributed by atoms with Crippen molar-refractivity contribution < 1.29 is 17.4 Å². The average Bonchev–Trinajstić information content (AvgIpc) is 2.11. The number of hydrogen-bond acceptors (Lipinski definition) is 2. The van der Waals surface area contributed by atoms with E-state index in [9.17, 15) is 17.4 Å². The molecule has 1 aliphatic rings. The fourth-order valence-electron chi connectivity index (χ4n) is 0.455. The van der Waals surface area contributed by atoms with E-state index in [2.05, 4.69) is 0 Å². The zero-order valence-corrected chi connectivity index (χ0v) is 6.28. The molecule has 0 N–H and O–H groups in total. The molecule has 1 nitrogen and oxygen atoms in total. The van der Waals surface area contributed by atoms with Gasteiger partial charge in [-0.1, -0.05) is 0 Å². The Bertz CT molecular complexity index is 195. The van der Waals surface area contributed by atoms with E-state index in [1.807, 2.05) is 0 Å². The Hall–Kier alpha value is 0.0300. The molecule has 1 rings (SSSR count). The van der Waals surface area contributed by atoms with Crippen molar-refractivity contribution in [2.24, 2.45) is 0 Å². The van der Waals surface area contributed by atoms with Gasteiger partial charge in [-0.2, -0.15) is 13.2 Å². The lowest BCUT2D eigenvalue weighted by Crippen LogP contribution is -2.13. The zero-order valence-electron chi connectivity index (χ0n) is 4.64. The summed E-state index contributed by atoms with van der Waals surface area (Å²) >= 11 is 0. The molecular formula is C4H3F3OS2. The van der Waals surface area contributed by atoms with Crippen molar-refractivity contribution >= 4 is 20.6 Å². The summed E-state index contributed by atoms with van der Waals surface area (Å²) in [4.78, 5) is 0. The molecule has 0 bridgehead atoms. The second-order valence-electron chi connectivity index (χ2n) is 1.69. The molecule has 0 aromatic carbocycles. The normalized spacial score (nSPS) is 26.7. The SMILES string of the molecule is O=S1CC(C(F)(F)F)=CS1. The quantitative estimate of drug-likeness (QED) is 0.539. The molecule has 0 aromatic rings. The topological polar surface area (TPSA) is 17.1 Å². The van der Waals surface area contributed by atoms with Gasteiger partial charge in [0.05, 0.1) is 21.2 Å². The lowest BCUT2D eigenvalue weighted by atomic mass is 10.3. The predicted molar refractivity (Wildman–Crippen MR) is 34.7 cm³/mol. The maximum atomic E-state index is 11.7. The first-order valence-electron chi connectivity index (χ1n) is 2.32. The van der Waals surface area contributed by atoms with Crippen molar-refractivity contribution in [2.75, 3.05) is 5.75 Å². The van der Waals surface area contributed by atoms with Crippen LogP contribution < -0.4 is 0 Å². The lowest BCUT2D eigenvalue weighted by Gasteiger charge is -2.03. The fourth-order valence-corrected chi connectivity index (χ4v) is 2.83. The third-order valence-electron chi connectivity index (χ3n) is 0.935. The molecular weight excluding hydrogens is 185 g/mol. The maximum absolute atomic E-state index is 11.7. The van der Waals surface area contributed by atoms with Gasteiger partial charge >= 0.3 is 6.18 Å². The highest BCUT2D eigenvalue weighted by molar-refractivity contribution is 8.70. The van der Waals surface area contributed by atoms with Crippen LogP contribution in [0.3, 0.4) is 0 Å². The second kappa shape index (κ2) is 2.58.